The Morgan fingerprint density at radius 3 is 2.53 bits per heavy atom. The number of carbonyl (C=O) groups is 3. The summed E-state index contributed by atoms with van der Waals surface area (Å²) in [5.41, 5.74) is 0. The van der Waals surface area contributed by atoms with E-state index in [4.69, 9.17) is 21.8 Å². The van der Waals surface area contributed by atoms with Crippen molar-refractivity contribution in [2.75, 3.05) is 12.4 Å². The molecule has 0 bridgehead atoms. The maximum Gasteiger partial charge on any atom is 0.326 e. The van der Waals surface area contributed by atoms with Gasteiger partial charge in [0.15, 0.2) is 0 Å². The molecule has 0 aromatic rings. The summed E-state index contributed by atoms with van der Waals surface area (Å²) < 4.78 is 0. The summed E-state index contributed by atoms with van der Waals surface area (Å²) >= 11 is 5.63. The van der Waals surface area contributed by atoms with Gasteiger partial charge in [-0.2, -0.15) is 0 Å². The van der Waals surface area contributed by atoms with Crippen LogP contribution in [0.25, 0.3) is 0 Å². The first-order valence-corrected chi connectivity index (χ1v) is 5.79. The highest BCUT2D eigenvalue weighted by Crippen LogP contribution is 2.23. The number of hydrogen-bond donors (Lipinski definition) is 2. The number of amides is 1. The fraction of sp³-hybridized carbons (Fsp3) is 0.700. The highest BCUT2D eigenvalue weighted by Gasteiger charge is 2.37. The fourth-order valence-electron chi connectivity index (χ4n) is 1.89. The maximum atomic E-state index is 11.6. The van der Waals surface area contributed by atoms with Crippen molar-refractivity contribution in [1.82, 2.24) is 4.90 Å². The van der Waals surface area contributed by atoms with Crippen molar-refractivity contribution in [3.8, 4) is 0 Å². The standard InChI is InChI=1S/C10H14ClNO5/c11-4-6-3-8(13)12(5-6)7(10(16)17)1-2-9(14)15/h6-7H,1-5H2,(H,14,15)(H,16,17)/t6?,7-/m0/s1. The van der Waals surface area contributed by atoms with Crippen molar-refractivity contribution in [2.24, 2.45) is 5.92 Å². The number of carboxylic acids is 2. The zero-order valence-corrected chi connectivity index (χ0v) is 9.89. The van der Waals surface area contributed by atoms with Crippen LogP contribution in [0.5, 0.6) is 0 Å². The minimum atomic E-state index is -1.17. The summed E-state index contributed by atoms with van der Waals surface area (Å²) in [6.07, 6.45) is -0.113. The monoisotopic (exact) mass is 263 g/mol. The third kappa shape index (κ3) is 3.59. The van der Waals surface area contributed by atoms with Crippen molar-refractivity contribution >= 4 is 29.4 Å². The number of carbonyl (C=O) groups excluding carboxylic acids is 1. The van der Waals surface area contributed by atoms with Gasteiger partial charge in [-0.15, -0.1) is 11.6 Å². The van der Waals surface area contributed by atoms with Crippen LogP contribution in [-0.4, -0.2) is 51.4 Å². The van der Waals surface area contributed by atoms with Gasteiger partial charge in [0, 0.05) is 25.3 Å². The number of hydrogen-bond acceptors (Lipinski definition) is 3. The Morgan fingerprint density at radius 1 is 1.47 bits per heavy atom. The lowest BCUT2D eigenvalue weighted by Gasteiger charge is -2.24. The summed E-state index contributed by atoms with van der Waals surface area (Å²) in [7, 11) is 0. The Hall–Kier alpha value is -1.30. The summed E-state index contributed by atoms with van der Waals surface area (Å²) in [6, 6.07) is -1.06. The largest absolute Gasteiger partial charge is 0.481 e. The minimum absolute atomic E-state index is 0.0455. The van der Waals surface area contributed by atoms with Crippen LogP contribution in [0, 0.1) is 5.92 Å². The molecule has 1 rings (SSSR count). The van der Waals surface area contributed by atoms with Crippen molar-refractivity contribution in [3.63, 3.8) is 0 Å². The lowest BCUT2D eigenvalue weighted by atomic mass is 10.1. The molecule has 1 heterocycles. The van der Waals surface area contributed by atoms with Gasteiger partial charge in [0.25, 0.3) is 0 Å². The SMILES string of the molecule is O=C(O)CC[C@@H](C(=O)O)N1CC(CCl)CC1=O. The van der Waals surface area contributed by atoms with Crippen molar-refractivity contribution in [2.45, 2.75) is 25.3 Å². The molecule has 0 saturated carbocycles. The van der Waals surface area contributed by atoms with Gasteiger partial charge in [-0.05, 0) is 12.3 Å². The van der Waals surface area contributed by atoms with E-state index in [0.717, 1.165) is 0 Å². The molecular formula is C10H14ClNO5. The van der Waals surface area contributed by atoms with Crippen molar-refractivity contribution < 1.29 is 24.6 Å². The number of rotatable bonds is 6. The molecule has 1 saturated heterocycles. The van der Waals surface area contributed by atoms with Gasteiger partial charge < -0.3 is 15.1 Å². The van der Waals surface area contributed by atoms with Gasteiger partial charge in [0.2, 0.25) is 5.91 Å². The minimum Gasteiger partial charge on any atom is -0.481 e. The molecule has 0 radical (unpaired) electrons. The quantitative estimate of drug-likeness (QED) is 0.676. The summed E-state index contributed by atoms with van der Waals surface area (Å²) in [5.74, 6) is -2.26. The van der Waals surface area contributed by atoms with Gasteiger partial charge in [-0.1, -0.05) is 0 Å². The van der Waals surface area contributed by atoms with Gasteiger partial charge in [0.05, 0.1) is 0 Å². The van der Waals surface area contributed by atoms with Crippen LogP contribution < -0.4 is 0 Å². The normalized spacial score (nSPS) is 21.6. The average Bonchev–Trinajstić information content (AvgIpc) is 2.59. The first kappa shape index (κ1) is 13.8. The highest BCUT2D eigenvalue weighted by molar-refractivity contribution is 6.18. The molecule has 0 aromatic heterocycles. The Morgan fingerprint density at radius 2 is 2.12 bits per heavy atom. The summed E-state index contributed by atoms with van der Waals surface area (Å²) in [4.78, 5) is 34.3. The molecule has 2 N–H and O–H groups in total. The van der Waals surface area contributed by atoms with Gasteiger partial charge in [-0.25, -0.2) is 4.79 Å². The molecule has 0 aromatic carbocycles. The van der Waals surface area contributed by atoms with Crippen LogP contribution in [0.15, 0.2) is 0 Å². The molecule has 6 nitrogen and oxygen atoms in total. The van der Waals surface area contributed by atoms with Crippen LogP contribution in [0.3, 0.4) is 0 Å². The van der Waals surface area contributed by atoms with E-state index >= 15 is 0 Å². The predicted molar refractivity (Wildman–Crippen MR) is 58.8 cm³/mol. The zero-order valence-electron chi connectivity index (χ0n) is 9.13. The van der Waals surface area contributed by atoms with E-state index in [0.29, 0.717) is 12.4 Å². The van der Waals surface area contributed by atoms with Gasteiger partial charge in [-0.3, -0.25) is 9.59 Å². The second-order valence-corrected chi connectivity index (χ2v) is 4.37. The third-order valence-corrected chi connectivity index (χ3v) is 3.19. The number of nitrogens with zero attached hydrogens (tertiary/aromatic N) is 1. The highest BCUT2D eigenvalue weighted by atomic mass is 35.5. The van der Waals surface area contributed by atoms with Crippen LogP contribution in [0.4, 0.5) is 0 Å². The lowest BCUT2D eigenvalue weighted by molar-refractivity contribution is -0.149. The van der Waals surface area contributed by atoms with E-state index in [1.165, 1.54) is 4.90 Å². The van der Waals surface area contributed by atoms with Crippen LogP contribution >= 0.6 is 11.6 Å². The molecule has 1 aliphatic rings. The third-order valence-electron chi connectivity index (χ3n) is 2.75. The second-order valence-electron chi connectivity index (χ2n) is 4.06. The van der Waals surface area contributed by atoms with E-state index in [1.54, 1.807) is 0 Å². The van der Waals surface area contributed by atoms with Crippen molar-refractivity contribution in [1.29, 1.82) is 0 Å². The fourth-order valence-corrected chi connectivity index (χ4v) is 2.09. The van der Waals surface area contributed by atoms with Gasteiger partial charge in [0.1, 0.15) is 6.04 Å². The van der Waals surface area contributed by atoms with Crippen LogP contribution in [0.1, 0.15) is 19.3 Å². The summed E-state index contributed by atoms with van der Waals surface area (Å²) in [5, 5.41) is 17.5. The molecule has 1 amide bonds. The first-order valence-electron chi connectivity index (χ1n) is 5.25. The van der Waals surface area contributed by atoms with E-state index in [1.807, 2.05) is 0 Å². The Balaban J connectivity index is 2.67. The molecule has 1 fully saturated rings. The molecule has 0 aliphatic carbocycles. The molecule has 7 heteroatoms. The molecule has 1 unspecified atom stereocenters. The maximum absolute atomic E-state index is 11.6. The number of likely N-dealkylation sites (tertiary alicyclic amines) is 1. The van der Waals surface area contributed by atoms with E-state index in [2.05, 4.69) is 0 Å². The molecule has 17 heavy (non-hydrogen) atoms. The van der Waals surface area contributed by atoms with Crippen LogP contribution in [0.2, 0.25) is 0 Å². The van der Waals surface area contributed by atoms with E-state index in [-0.39, 0.29) is 31.1 Å². The smallest absolute Gasteiger partial charge is 0.326 e. The molecular weight excluding hydrogens is 250 g/mol. The first-order chi connectivity index (χ1) is 7.95. The molecule has 0 spiro atoms. The number of halogens is 1. The Kier molecular flexibility index (Phi) is 4.74. The molecule has 1 aliphatic heterocycles. The van der Waals surface area contributed by atoms with E-state index in [9.17, 15) is 14.4 Å². The topological polar surface area (TPSA) is 94.9 Å². The summed E-state index contributed by atoms with van der Waals surface area (Å²) in [6.45, 7) is 0.291. The van der Waals surface area contributed by atoms with E-state index < -0.39 is 18.0 Å². The average molecular weight is 264 g/mol. The van der Waals surface area contributed by atoms with Crippen molar-refractivity contribution in [3.05, 3.63) is 0 Å². The second kappa shape index (κ2) is 5.86. The number of aliphatic carboxylic acids is 2. The van der Waals surface area contributed by atoms with Gasteiger partial charge >= 0.3 is 11.9 Å². The number of carboxylic acid groups (broad SMARTS) is 2. The Bertz CT molecular complexity index is 333. The lowest BCUT2D eigenvalue weighted by Crippen LogP contribution is -2.42. The Labute approximate surface area is 103 Å². The number of alkyl halides is 1. The molecule has 96 valence electrons. The predicted octanol–water partition coefficient (Wildman–Crippen LogP) is 0.392. The zero-order chi connectivity index (χ0) is 13.0. The molecule has 2 atom stereocenters. The van der Waals surface area contributed by atoms with Crippen LogP contribution in [-0.2, 0) is 14.4 Å².